The van der Waals surface area contributed by atoms with Gasteiger partial charge in [0.1, 0.15) is 5.82 Å². The number of rotatable bonds is 9. The van der Waals surface area contributed by atoms with E-state index in [-0.39, 0.29) is 17.6 Å². The predicted molar refractivity (Wildman–Crippen MR) is 104 cm³/mol. The van der Waals surface area contributed by atoms with Crippen LogP contribution in [0, 0.1) is 5.82 Å². The fourth-order valence-corrected chi connectivity index (χ4v) is 2.62. The zero-order chi connectivity index (χ0) is 18.8. The van der Waals surface area contributed by atoms with E-state index in [9.17, 15) is 14.0 Å². The Labute approximate surface area is 158 Å². The van der Waals surface area contributed by atoms with E-state index in [4.69, 9.17) is 0 Å². The molecular formula is C19H24FN3O2S. The number of benzene rings is 1. The van der Waals surface area contributed by atoms with Crippen molar-refractivity contribution in [2.45, 2.75) is 19.3 Å². The van der Waals surface area contributed by atoms with Gasteiger partial charge in [-0.3, -0.25) is 9.59 Å². The third kappa shape index (κ3) is 6.55. The summed E-state index contributed by atoms with van der Waals surface area (Å²) >= 11 is 4.07. The first-order valence-electron chi connectivity index (χ1n) is 8.66. The summed E-state index contributed by atoms with van der Waals surface area (Å²) in [6.07, 6.45) is 5.52. The number of allylic oxidation sites excluding steroid dienone is 2. The van der Waals surface area contributed by atoms with E-state index in [1.54, 1.807) is 18.2 Å². The average molecular weight is 377 g/mol. The van der Waals surface area contributed by atoms with Crippen LogP contribution in [0.2, 0.25) is 0 Å². The van der Waals surface area contributed by atoms with Crippen molar-refractivity contribution in [1.82, 2.24) is 16.0 Å². The number of dihydropyridines is 1. The molecule has 0 radical (unpaired) electrons. The molecule has 0 saturated heterocycles. The number of thiol groups is 1. The van der Waals surface area contributed by atoms with Crippen LogP contribution in [0.5, 0.6) is 0 Å². The smallest absolute Gasteiger partial charge is 0.249 e. The molecule has 7 heteroatoms. The zero-order valence-corrected chi connectivity index (χ0v) is 15.4. The second-order valence-corrected chi connectivity index (χ2v) is 6.39. The van der Waals surface area contributed by atoms with Gasteiger partial charge in [-0.05, 0) is 47.9 Å². The lowest BCUT2D eigenvalue weighted by molar-refractivity contribution is -0.121. The quantitative estimate of drug-likeness (QED) is 0.393. The molecule has 0 bridgehead atoms. The Morgan fingerprint density at radius 3 is 2.58 bits per heavy atom. The summed E-state index contributed by atoms with van der Waals surface area (Å²) in [5, 5.41) is 8.73. The molecule has 0 atom stereocenters. The van der Waals surface area contributed by atoms with Gasteiger partial charge in [-0.25, -0.2) is 4.39 Å². The molecule has 0 aliphatic carbocycles. The summed E-state index contributed by atoms with van der Waals surface area (Å²) in [6.45, 7) is 1.46. The highest BCUT2D eigenvalue weighted by Crippen LogP contribution is 2.19. The van der Waals surface area contributed by atoms with Crippen molar-refractivity contribution in [3.05, 3.63) is 53.5 Å². The van der Waals surface area contributed by atoms with Crippen LogP contribution in [0.25, 0.3) is 5.57 Å². The Morgan fingerprint density at radius 2 is 1.85 bits per heavy atom. The first kappa shape index (κ1) is 20.0. The van der Waals surface area contributed by atoms with Crippen molar-refractivity contribution >= 4 is 30.0 Å². The topological polar surface area (TPSA) is 70.2 Å². The van der Waals surface area contributed by atoms with Crippen molar-refractivity contribution in [1.29, 1.82) is 0 Å². The van der Waals surface area contributed by atoms with Crippen LogP contribution in [-0.2, 0) is 9.59 Å². The van der Waals surface area contributed by atoms with Crippen LogP contribution in [0.3, 0.4) is 0 Å². The van der Waals surface area contributed by atoms with Gasteiger partial charge in [0, 0.05) is 37.8 Å². The summed E-state index contributed by atoms with van der Waals surface area (Å²) in [7, 11) is 0. The molecule has 1 heterocycles. The highest BCUT2D eigenvalue weighted by molar-refractivity contribution is 7.80. The summed E-state index contributed by atoms with van der Waals surface area (Å²) in [5.41, 5.74) is 2.29. The SMILES string of the molecule is O=C(CCCS)NCCCNC(=O)C1=CC(c2ccc(F)cc2)=CNC1. The molecule has 1 aliphatic rings. The van der Waals surface area contributed by atoms with Crippen LogP contribution >= 0.6 is 12.6 Å². The van der Waals surface area contributed by atoms with E-state index in [1.165, 1.54) is 12.1 Å². The lowest BCUT2D eigenvalue weighted by atomic mass is 10.0. The Balaban J connectivity index is 1.76. The number of carbonyl (C=O) groups is 2. The molecule has 0 unspecified atom stereocenters. The Morgan fingerprint density at radius 1 is 1.12 bits per heavy atom. The molecule has 2 amide bonds. The van der Waals surface area contributed by atoms with Crippen molar-refractivity contribution in [2.24, 2.45) is 0 Å². The van der Waals surface area contributed by atoms with Crippen LogP contribution in [-0.4, -0.2) is 37.2 Å². The minimum absolute atomic E-state index is 0.0126. The lowest BCUT2D eigenvalue weighted by Gasteiger charge is -2.16. The molecule has 0 fully saturated rings. The molecule has 1 aliphatic heterocycles. The second-order valence-electron chi connectivity index (χ2n) is 5.94. The van der Waals surface area contributed by atoms with Gasteiger partial charge in [0.15, 0.2) is 0 Å². The molecule has 26 heavy (non-hydrogen) atoms. The number of hydrogen-bond donors (Lipinski definition) is 4. The largest absolute Gasteiger partial charge is 0.386 e. The molecule has 5 nitrogen and oxygen atoms in total. The van der Waals surface area contributed by atoms with Crippen molar-refractivity contribution < 1.29 is 14.0 Å². The fourth-order valence-electron chi connectivity index (χ4n) is 2.47. The van der Waals surface area contributed by atoms with E-state index < -0.39 is 0 Å². The maximum Gasteiger partial charge on any atom is 0.249 e. The standard InChI is InChI=1S/C19H24FN3O2S/c20-17-6-4-14(5-7-17)15-11-16(13-21-12-15)19(25)23-9-2-8-22-18(24)3-1-10-26/h4-7,11-12,21,26H,1-3,8-10,13H2,(H,22,24)(H,23,25). The van der Waals surface area contributed by atoms with Gasteiger partial charge in [-0.1, -0.05) is 12.1 Å². The molecule has 0 aromatic heterocycles. The van der Waals surface area contributed by atoms with Gasteiger partial charge in [0.25, 0.3) is 0 Å². The predicted octanol–water partition coefficient (Wildman–Crippen LogP) is 2.03. The summed E-state index contributed by atoms with van der Waals surface area (Å²) < 4.78 is 13.0. The van der Waals surface area contributed by atoms with E-state index in [0.717, 1.165) is 17.6 Å². The van der Waals surface area contributed by atoms with E-state index >= 15 is 0 Å². The molecular weight excluding hydrogens is 353 g/mol. The van der Waals surface area contributed by atoms with Crippen LogP contribution in [0.1, 0.15) is 24.8 Å². The number of halogens is 1. The maximum atomic E-state index is 13.0. The highest BCUT2D eigenvalue weighted by atomic mass is 32.1. The van der Waals surface area contributed by atoms with Crippen molar-refractivity contribution in [3.8, 4) is 0 Å². The minimum Gasteiger partial charge on any atom is -0.386 e. The van der Waals surface area contributed by atoms with E-state index in [1.807, 2.05) is 6.20 Å². The Hall–Kier alpha value is -2.28. The van der Waals surface area contributed by atoms with Crippen LogP contribution < -0.4 is 16.0 Å². The van der Waals surface area contributed by atoms with Gasteiger partial charge >= 0.3 is 0 Å². The van der Waals surface area contributed by atoms with E-state index in [2.05, 4.69) is 28.6 Å². The number of carbonyl (C=O) groups excluding carboxylic acids is 2. The molecule has 1 aromatic rings. The van der Waals surface area contributed by atoms with Crippen molar-refractivity contribution in [3.63, 3.8) is 0 Å². The highest BCUT2D eigenvalue weighted by Gasteiger charge is 2.13. The van der Waals surface area contributed by atoms with Crippen LogP contribution in [0.4, 0.5) is 4.39 Å². The molecule has 3 N–H and O–H groups in total. The molecule has 0 spiro atoms. The second kappa shape index (κ2) is 10.7. The molecule has 1 aromatic carbocycles. The van der Waals surface area contributed by atoms with Crippen LogP contribution in [0.15, 0.2) is 42.1 Å². The molecule has 0 saturated carbocycles. The normalized spacial score (nSPS) is 13.3. The summed E-state index contributed by atoms with van der Waals surface area (Å²) in [5.74, 6) is 0.268. The average Bonchev–Trinajstić information content (AvgIpc) is 2.66. The van der Waals surface area contributed by atoms with Gasteiger partial charge in [0.2, 0.25) is 11.8 Å². The van der Waals surface area contributed by atoms with Gasteiger partial charge < -0.3 is 16.0 Å². The third-order valence-corrected chi connectivity index (χ3v) is 4.19. The van der Waals surface area contributed by atoms with E-state index in [0.29, 0.717) is 43.8 Å². The van der Waals surface area contributed by atoms with Gasteiger partial charge in [0.05, 0.1) is 0 Å². The number of amides is 2. The Bertz CT molecular complexity index is 687. The zero-order valence-electron chi connectivity index (χ0n) is 14.6. The lowest BCUT2D eigenvalue weighted by Crippen LogP contribution is -2.33. The summed E-state index contributed by atoms with van der Waals surface area (Å²) in [4.78, 5) is 23.7. The first-order chi connectivity index (χ1) is 12.6. The molecule has 2 rings (SSSR count). The fraction of sp³-hybridized carbons (Fsp3) is 0.368. The molecule has 140 valence electrons. The third-order valence-electron chi connectivity index (χ3n) is 3.87. The monoisotopic (exact) mass is 377 g/mol. The number of nitrogens with one attached hydrogen (secondary N) is 3. The summed E-state index contributed by atoms with van der Waals surface area (Å²) in [6, 6.07) is 6.14. The minimum atomic E-state index is -0.294. The van der Waals surface area contributed by atoms with Crippen molar-refractivity contribution in [2.75, 3.05) is 25.4 Å². The maximum absolute atomic E-state index is 13.0. The van der Waals surface area contributed by atoms with Gasteiger partial charge in [-0.15, -0.1) is 0 Å². The Kier molecular flexibility index (Phi) is 8.21. The first-order valence-corrected chi connectivity index (χ1v) is 9.29. The number of hydrogen-bond acceptors (Lipinski definition) is 4. The van der Waals surface area contributed by atoms with Gasteiger partial charge in [-0.2, -0.15) is 12.6 Å².